The molecule has 0 radical (unpaired) electrons. The summed E-state index contributed by atoms with van der Waals surface area (Å²) in [5, 5.41) is 20.5. The molecule has 30 heavy (non-hydrogen) atoms. The molecule has 0 saturated carbocycles. The van der Waals surface area contributed by atoms with Crippen LogP contribution in [-0.4, -0.2) is 26.8 Å². The lowest BCUT2D eigenvalue weighted by molar-refractivity contribution is -0.384. The van der Waals surface area contributed by atoms with Gasteiger partial charge in [-0.3, -0.25) is 14.7 Å². The van der Waals surface area contributed by atoms with E-state index in [0.717, 1.165) is 22.6 Å². The predicted octanol–water partition coefficient (Wildman–Crippen LogP) is 4.80. The first-order chi connectivity index (χ1) is 14.6. The van der Waals surface area contributed by atoms with Crippen LogP contribution < -0.4 is 4.74 Å². The third-order valence-electron chi connectivity index (χ3n) is 4.43. The summed E-state index contributed by atoms with van der Waals surface area (Å²) in [6, 6.07) is 17.9. The molecule has 0 amide bonds. The van der Waals surface area contributed by atoms with Gasteiger partial charge in [0.1, 0.15) is 11.5 Å². The van der Waals surface area contributed by atoms with Crippen molar-refractivity contribution in [1.29, 1.82) is 0 Å². The molecule has 0 aliphatic carbocycles. The Morgan fingerprint density at radius 1 is 1.13 bits per heavy atom. The fourth-order valence-electron chi connectivity index (χ4n) is 2.98. The first-order valence-corrected chi connectivity index (χ1v) is 10.1. The molecular formula is C21H18N4O4S. The maximum atomic E-state index is 11.0. The van der Waals surface area contributed by atoms with Crippen LogP contribution in [0.5, 0.6) is 5.75 Å². The van der Waals surface area contributed by atoms with Crippen LogP contribution in [0.4, 0.5) is 5.69 Å². The first kappa shape index (κ1) is 19.7. The van der Waals surface area contributed by atoms with Gasteiger partial charge in [0.25, 0.3) is 5.69 Å². The molecule has 0 atom stereocenters. The van der Waals surface area contributed by atoms with Gasteiger partial charge >= 0.3 is 0 Å². The second kappa shape index (κ2) is 8.83. The van der Waals surface area contributed by atoms with E-state index in [1.807, 2.05) is 47.0 Å². The van der Waals surface area contributed by atoms with E-state index >= 15 is 0 Å². The lowest BCUT2D eigenvalue weighted by atomic mass is 10.2. The zero-order valence-electron chi connectivity index (χ0n) is 16.1. The van der Waals surface area contributed by atoms with E-state index in [0.29, 0.717) is 23.3 Å². The highest BCUT2D eigenvalue weighted by atomic mass is 32.2. The standard InChI is InChI=1S/C21H18N4O4S/c1-28-18-8-3-6-16(12-18)20-22-23-21(24(20)13-19-9-4-10-29-19)30-14-15-5-2-7-17(11-15)25(26)27/h2-12H,13-14H2,1H3. The van der Waals surface area contributed by atoms with Crippen LogP contribution in [0.15, 0.2) is 76.5 Å². The smallest absolute Gasteiger partial charge is 0.269 e. The topological polar surface area (TPSA) is 96.2 Å². The minimum atomic E-state index is -0.394. The van der Waals surface area contributed by atoms with E-state index in [4.69, 9.17) is 9.15 Å². The number of methoxy groups -OCH3 is 1. The monoisotopic (exact) mass is 422 g/mol. The molecule has 152 valence electrons. The maximum absolute atomic E-state index is 11.0. The second-order valence-electron chi connectivity index (χ2n) is 6.42. The van der Waals surface area contributed by atoms with E-state index in [2.05, 4.69) is 10.2 Å². The van der Waals surface area contributed by atoms with Crippen LogP contribution in [0.1, 0.15) is 11.3 Å². The van der Waals surface area contributed by atoms with Crippen LogP contribution in [-0.2, 0) is 12.3 Å². The molecule has 0 fully saturated rings. The van der Waals surface area contributed by atoms with Crippen LogP contribution in [0.3, 0.4) is 0 Å². The molecule has 4 rings (SSSR count). The number of rotatable bonds is 8. The summed E-state index contributed by atoms with van der Waals surface area (Å²) in [4.78, 5) is 10.6. The number of non-ortho nitro benzene ring substituents is 1. The van der Waals surface area contributed by atoms with Gasteiger partial charge in [0.15, 0.2) is 11.0 Å². The minimum Gasteiger partial charge on any atom is -0.497 e. The summed E-state index contributed by atoms with van der Waals surface area (Å²) in [6.45, 7) is 0.462. The molecule has 8 nitrogen and oxygen atoms in total. The normalized spacial score (nSPS) is 10.8. The van der Waals surface area contributed by atoms with E-state index in [9.17, 15) is 10.1 Å². The molecule has 0 aliphatic heterocycles. The molecule has 0 unspecified atom stereocenters. The lowest BCUT2D eigenvalue weighted by Crippen LogP contribution is -2.03. The Morgan fingerprint density at radius 2 is 2.00 bits per heavy atom. The van der Waals surface area contributed by atoms with E-state index in [1.54, 1.807) is 25.5 Å². The largest absolute Gasteiger partial charge is 0.497 e. The summed E-state index contributed by atoms with van der Waals surface area (Å²) in [7, 11) is 1.62. The minimum absolute atomic E-state index is 0.0715. The highest BCUT2D eigenvalue weighted by Crippen LogP contribution is 2.29. The van der Waals surface area contributed by atoms with Crippen molar-refractivity contribution in [3.05, 3.63) is 88.4 Å². The Morgan fingerprint density at radius 3 is 2.77 bits per heavy atom. The summed E-state index contributed by atoms with van der Waals surface area (Å²) >= 11 is 1.46. The SMILES string of the molecule is COc1cccc(-c2nnc(SCc3cccc([N+](=O)[O-])c3)n2Cc2ccco2)c1. The number of hydrogen-bond acceptors (Lipinski definition) is 7. The van der Waals surface area contributed by atoms with E-state index in [1.165, 1.54) is 17.8 Å². The zero-order chi connectivity index (χ0) is 20.9. The maximum Gasteiger partial charge on any atom is 0.269 e. The third kappa shape index (κ3) is 4.36. The number of thioether (sulfide) groups is 1. The van der Waals surface area contributed by atoms with Gasteiger partial charge in [-0.2, -0.15) is 0 Å². The molecule has 0 aliphatic rings. The molecule has 2 aromatic carbocycles. The summed E-state index contributed by atoms with van der Waals surface area (Å²) < 4.78 is 12.8. The molecular weight excluding hydrogens is 404 g/mol. The van der Waals surface area contributed by atoms with Crippen LogP contribution in [0.25, 0.3) is 11.4 Å². The number of nitrogens with zero attached hydrogens (tertiary/aromatic N) is 4. The Labute approximate surface area is 176 Å². The van der Waals surface area contributed by atoms with Gasteiger partial charge in [-0.05, 0) is 29.8 Å². The van der Waals surface area contributed by atoms with Crippen LogP contribution in [0, 0.1) is 10.1 Å². The Kier molecular flexibility index (Phi) is 5.80. The number of aromatic nitrogens is 3. The van der Waals surface area contributed by atoms with Crippen molar-refractivity contribution in [2.24, 2.45) is 0 Å². The van der Waals surface area contributed by atoms with Crippen molar-refractivity contribution in [2.45, 2.75) is 17.5 Å². The van der Waals surface area contributed by atoms with Gasteiger partial charge in [0.2, 0.25) is 0 Å². The number of furan rings is 1. The van der Waals surface area contributed by atoms with Gasteiger partial charge < -0.3 is 9.15 Å². The Hall–Kier alpha value is -3.59. The molecule has 2 aromatic heterocycles. The highest BCUT2D eigenvalue weighted by Gasteiger charge is 2.17. The van der Waals surface area contributed by atoms with Gasteiger partial charge in [-0.1, -0.05) is 36.0 Å². The fourth-order valence-corrected chi connectivity index (χ4v) is 3.86. The molecule has 4 aromatic rings. The van der Waals surface area contributed by atoms with E-state index < -0.39 is 4.92 Å². The summed E-state index contributed by atoms with van der Waals surface area (Å²) in [6.07, 6.45) is 1.63. The molecule has 0 saturated heterocycles. The number of nitro benzene ring substituents is 1. The molecule has 9 heteroatoms. The fraction of sp³-hybridized carbons (Fsp3) is 0.143. The quantitative estimate of drug-likeness (QED) is 0.229. The lowest BCUT2D eigenvalue weighted by Gasteiger charge is -2.10. The molecule has 0 bridgehead atoms. The Balaban J connectivity index is 1.64. The first-order valence-electron chi connectivity index (χ1n) is 9.10. The van der Waals surface area contributed by atoms with E-state index in [-0.39, 0.29) is 5.69 Å². The predicted molar refractivity (Wildman–Crippen MR) is 112 cm³/mol. The average molecular weight is 422 g/mol. The number of hydrogen-bond donors (Lipinski definition) is 0. The van der Waals surface area contributed by atoms with Crippen molar-refractivity contribution in [3.8, 4) is 17.1 Å². The van der Waals surface area contributed by atoms with Crippen molar-refractivity contribution < 1.29 is 14.1 Å². The molecule has 2 heterocycles. The number of benzene rings is 2. The van der Waals surface area contributed by atoms with Crippen molar-refractivity contribution in [2.75, 3.05) is 7.11 Å². The second-order valence-corrected chi connectivity index (χ2v) is 7.36. The molecule has 0 spiro atoms. The van der Waals surface area contributed by atoms with Gasteiger partial charge in [0, 0.05) is 23.4 Å². The summed E-state index contributed by atoms with van der Waals surface area (Å²) in [5.74, 6) is 2.71. The van der Waals surface area contributed by atoms with Gasteiger partial charge in [-0.25, -0.2) is 0 Å². The van der Waals surface area contributed by atoms with Crippen molar-refractivity contribution >= 4 is 17.4 Å². The van der Waals surface area contributed by atoms with Gasteiger partial charge in [0.05, 0.1) is 24.8 Å². The highest BCUT2D eigenvalue weighted by molar-refractivity contribution is 7.98. The number of ether oxygens (including phenoxy) is 1. The summed E-state index contributed by atoms with van der Waals surface area (Å²) in [5.41, 5.74) is 1.78. The van der Waals surface area contributed by atoms with Crippen molar-refractivity contribution in [3.63, 3.8) is 0 Å². The van der Waals surface area contributed by atoms with Crippen molar-refractivity contribution in [1.82, 2.24) is 14.8 Å². The number of nitro groups is 1. The average Bonchev–Trinajstić information content (AvgIpc) is 3.43. The van der Waals surface area contributed by atoms with Crippen LogP contribution in [0.2, 0.25) is 0 Å². The zero-order valence-corrected chi connectivity index (χ0v) is 16.9. The van der Waals surface area contributed by atoms with Gasteiger partial charge in [-0.15, -0.1) is 10.2 Å². The molecule has 0 N–H and O–H groups in total. The van der Waals surface area contributed by atoms with Crippen LogP contribution >= 0.6 is 11.8 Å². The third-order valence-corrected chi connectivity index (χ3v) is 5.47. The Bertz CT molecular complexity index is 1160.